The second-order valence-electron chi connectivity index (χ2n) is 6.36. The molecule has 0 unspecified atom stereocenters. The molecule has 3 rings (SSSR count). The highest BCUT2D eigenvalue weighted by Gasteiger charge is 2.15. The van der Waals surface area contributed by atoms with Crippen LogP contribution >= 0.6 is 0 Å². The fourth-order valence-electron chi connectivity index (χ4n) is 2.96. The molecule has 1 N–H and O–H groups in total. The Hall–Kier alpha value is -2.56. The molecule has 1 fully saturated rings. The Kier molecular flexibility index (Phi) is 5.53. The molecule has 0 radical (unpaired) electrons. The molecule has 0 atom stereocenters. The van der Waals surface area contributed by atoms with Crippen molar-refractivity contribution in [3.63, 3.8) is 0 Å². The first-order valence-electron chi connectivity index (χ1n) is 8.65. The molecule has 1 aliphatic heterocycles. The minimum atomic E-state index is -0.314. The smallest absolute Gasteiger partial charge is 0.262 e. The first-order chi connectivity index (χ1) is 12.1. The van der Waals surface area contributed by atoms with Gasteiger partial charge in [0.15, 0.2) is 6.61 Å². The van der Waals surface area contributed by atoms with E-state index in [2.05, 4.69) is 10.2 Å². The zero-order valence-corrected chi connectivity index (χ0v) is 14.4. The highest BCUT2D eigenvalue weighted by Crippen LogP contribution is 2.25. The van der Waals surface area contributed by atoms with Crippen LogP contribution in [-0.4, -0.2) is 25.6 Å². The summed E-state index contributed by atoms with van der Waals surface area (Å²) in [7, 11) is 0. The number of aryl methyl sites for hydroxylation is 1. The van der Waals surface area contributed by atoms with E-state index in [4.69, 9.17) is 4.74 Å². The van der Waals surface area contributed by atoms with Crippen molar-refractivity contribution in [3.05, 3.63) is 53.8 Å². The van der Waals surface area contributed by atoms with Crippen LogP contribution < -0.4 is 15.0 Å². The summed E-state index contributed by atoms with van der Waals surface area (Å²) in [5.41, 5.74) is 2.17. The molecule has 5 heteroatoms. The summed E-state index contributed by atoms with van der Waals surface area (Å²) >= 11 is 0. The molecular weight excluding hydrogens is 319 g/mol. The van der Waals surface area contributed by atoms with E-state index in [9.17, 15) is 9.18 Å². The number of carbonyl (C=O) groups excluding carboxylic acids is 1. The molecule has 1 heterocycles. The van der Waals surface area contributed by atoms with Gasteiger partial charge < -0.3 is 15.0 Å². The lowest BCUT2D eigenvalue weighted by molar-refractivity contribution is -0.118. The van der Waals surface area contributed by atoms with E-state index < -0.39 is 0 Å². The van der Waals surface area contributed by atoms with Crippen molar-refractivity contribution in [1.82, 2.24) is 0 Å². The number of nitrogens with one attached hydrogen (secondary N) is 1. The number of nitrogens with zero attached hydrogens (tertiary/aromatic N) is 1. The van der Waals surface area contributed by atoms with Gasteiger partial charge in [-0.1, -0.05) is 17.7 Å². The van der Waals surface area contributed by atoms with Crippen LogP contribution in [0.4, 0.5) is 15.8 Å². The van der Waals surface area contributed by atoms with E-state index in [-0.39, 0.29) is 18.3 Å². The van der Waals surface area contributed by atoms with E-state index in [1.807, 2.05) is 31.2 Å². The van der Waals surface area contributed by atoms with Gasteiger partial charge in [0.05, 0.1) is 5.69 Å². The van der Waals surface area contributed by atoms with E-state index in [1.54, 1.807) is 12.1 Å². The van der Waals surface area contributed by atoms with E-state index >= 15 is 0 Å². The lowest BCUT2D eigenvalue weighted by Gasteiger charge is -2.29. The number of piperidine rings is 1. The Balaban J connectivity index is 1.55. The average molecular weight is 342 g/mol. The Labute approximate surface area is 147 Å². The fraction of sp³-hybridized carbons (Fsp3) is 0.350. The summed E-state index contributed by atoms with van der Waals surface area (Å²) < 4.78 is 19.8. The monoisotopic (exact) mass is 342 g/mol. The molecule has 0 saturated carbocycles. The minimum absolute atomic E-state index is 0.113. The SMILES string of the molecule is Cc1ccc(OCC(=O)Nc2ccc(N3CCCCC3)c(F)c2)cc1. The van der Waals surface area contributed by atoms with Gasteiger partial charge in [-0.15, -0.1) is 0 Å². The van der Waals surface area contributed by atoms with E-state index in [0.29, 0.717) is 17.1 Å². The normalized spacial score (nSPS) is 14.2. The molecule has 0 aromatic heterocycles. The number of hydrogen-bond acceptors (Lipinski definition) is 3. The lowest BCUT2D eigenvalue weighted by Crippen LogP contribution is -2.30. The maximum Gasteiger partial charge on any atom is 0.262 e. The van der Waals surface area contributed by atoms with Gasteiger partial charge in [0.2, 0.25) is 0 Å². The molecule has 4 nitrogen and oxygen atoms in total. The summed E-state index contributed by atoms with van der Waals surface area (Å²) in [6.45, 7) is 3.64. The van der Waals surface area contributed by atoms with Gasteiger partial charge in [0, 0.05) is 18.8 Å². The Morgan fingerprint density at radius 2 is 1.84 bits per heavy atom. The van der Waals surface area contributed by atoms with Crippen LogP contribution in [0.25, 0.3) is 0 Å². The quantitative estimate of drug-likeness (QED) is 0.888. The van der Waals surface area contributed by atoms with Crippen LogP contribution in [0.3, 0.4) is 0 Å². The molecule has 0 aliphatic carbocycles. The molecule has 1 amide bonds. The Morgan fingerprint density at radius 1 is 1.12 bits per heavy atom. The molecule has 2 aromatic carbocycles. The van der Waals surface area contributed by atoms with Gasteiger partial charge in [-0.25, -0.2) is 4.39 Å². The first kappa shape index (κ1) is 17.3. The molecule has 25 heavy (non-hydrogen) atoms. The zero-order valence-electron chi connectivity index (χ0n) is 14.4. The van der Waals surface area contributed by atoms with Crippen molar-refractivity contribution in [3.8, 4) is 5.75 Å². The van der Waals surface area contributed by atoms with Gasteiger partial charge >= 0.3 is 0 Å². The second-order valence-corrected chi connectivity index (χ2v) is 6.36. The summed E-state index contributed by atoms with van der Waals surface area (Å²) in [6.07, 6.45) is 3.38. The molecule has 0 bridgehead atoms. The number of ether oxygens (including phenoxy) is 1. The van der Waals surface area contributed by atoms with Gasteiger partial charge in [0.1, 0.15) is 11.6 Å². The summed E-state index contributed by atoms with van der Waals surface area (Å²) in [4.78, 5) is 14.0. The van der Waals surface area contributed by atoms with Crippen molar-refractivity contribution in [2.45, 2.75) is 26.2 Å². The van der Waals surface area contributed by atoms with Crippen molar-refractivity contribution in [2.24, 2.45) is 0 Å². The summed E-state index contributed by atoms with van der Waals surface area (Å²) in [5.74, 6) is 0.0113. The third-order valence-corrected chi connectivity index (χ3v) is 4.32. The van der Waals surface area contributed by atoms with Crippen molar-refractivity contribution in [2.75, 3.05) is 29.9 Å². The van der Waals surface area contributed by atoms with Crippen LogP contribution in [0.2, 0.25) is 0 Å². The van der Waals surface area contributed by atoms with Crippen LogP contribution in [0, 0.1) is 12.7 Å². The summed E-state index contributed by atoms with van der Waals surface area (Å²) in [5, 5.41) is 2.67. The number of anilines is 2. The van der Waals surface area contributed by atoms with E-state index in [1.165, 1.54) is 12.5 Å². The van der Waals surface area contributed by atoms with Crippen LogP contribution in [0.15, 0.2) is 42.5 Å². The highest BCUT2D eigenvalue weighted by atomic mass is 19.1. The second kappa shape index (κ2) is 8.01. The molecular formula is C20H23FN2O2. The highest BCUT2D eigenvalue weighted by molar-refractivity contribution is 5.92. The van der Waals surface area contributed by atoms with Crippen LogP contribution in [0.5, 0.6) is 5.75 Å². The average Bonchev–Trinajstić information content (AvgIpc) is 2.62. The van der Waals surface area contributed by atoms with Crippen LogP contribution in [0.1, 0.15) is 24.8 Å². The molecule has 132 valence electrons. The standard InChI is InChI=1S/C20H23FN2O2/c1-15-5-8-17(9-6-15)25-14-20(24)22-16-7-10-19(18(21)13-16)23-11-3-2-4-12-23/h5-10,13H,2-4,11-12,14H2,1H3,(H,22,24). The maximum atomic E-state index is 14.3. The first-order valence-corrected chi connectivity index (χ1v) is 8.65. The third kappa shape index (κ3) is 4.72. The van der Waals surface area contributed by atoms with Gasteiger partial charge in [-0.2, -0.15) is 0 Å². The zero-order chi connectivity index (χ0) is 17.6. The van der Waals surface area contributed by atoms with Gasteiger partial charge in [0.25, 0.3) is 5.91 Å². The van der Waals surface area contributed by atoms with Crippen LogP contribution in [-0.2, 0) is 4.79 Å². The van der Waals surface area contributed by atoms with Gasteiger partial charge in [-0.05, 0) is 56.5 Å². The number of halogens is 1. The van der Waals surface area contributed by atoms with Crippen molar-refractivity contribution >= 4 is 17.3 Å². The third-order valence-electron chi connectivity index (χ3n) is 4.32. The van der Waals surface area contributed by atoms with Crippen molar-refractivity contribution in [1.29, 1.82) is 0 Å². The van der Waals surface area contributed by atoms with E-state index in [0.717, 1.165) is 31.5 Å². The predicted octanol–water partition coefficient (Wildman–Crippen LogP) is 4.14. The topological polar surface area (TPSA) is 41.6 Å². The number of rotatable bonds is 5. The lowest BCUT2D eigenvalue weighted by atomic mass is 10.1. The minimum Gasteiger partial charge on any atom is -0.484 e. The number of hydrogen-bond donors (Lipinski definition) is 1. The fourth-order valence-corrected chi connectivity index (χ4v) is 2.96. The Bertz CT molecular complexity index is 725. The predicted molar refractivity (Wildman–Crippen MR) is 97.8 cm³/mol. The van der Waals surface area contributed by atoms with Gasteiger partial charge in [-0.3, -0.25) is 4.79 Å². The number of benzene rings is 2. The Morgan fingerprint density at radius 3 is 2.52 bits per heavy atom. The number of amides is 1. The largest absolute Gasteiger partial charge is 0.484 e. The number of carbonyl (C=O) groups is 1. The molecule has 1 saturated heterocycles. The molecule has 2 aromatic rings. The molecule has 0 spiro atoms. The maximum absolute atomic E-state index is 14.3. The molecule has 1 aliphatic rings. The van der Waals surface area contributed by atoms with Crippen molar-refractivity contribution < 1.29 is 13.9 Å². The summed E-state index contributed by atoms with van der Waals surface area (Å²) in [6, 6.07) is 12.3.